The van der Waals surface area contributed by atoms with Crippen molar-refractivity contribution in [3.8, 4) is 0 Å². The summed E-state index contributed by atoms with van der Waals surface area (Å²) in [7, 11) is 0. The molecule has 0 fully saturated rings. The van der Waals surface area contributed by atoms with Gasteiger partial charge in [0.15, 0.2) is 0 Å². The Kier molecular flexibility index (Phi) is 25.9. The van der Waals surface area contributed by atoms with Gasteiger partial charge in [-0.15, -0.1) is 0 Å². The third-order valence-electron chi connectivity index (χ3n) is 2.94. The lowest BCUT2D eigenvalue weighted by atomic mass is 10.4. The van der Waals surface area contributed by atoms with E-state index in [9.17, 15) is 0 Å². The SMILES string of the molecule is NCCN(CCN)CCN.NCCNCCNCCNCCN. The van der Waals surface area contributed by atoms with Crippen molar-refractivity contribution in [2.45, 2.75) is 0 Å². The van der Waals surface area contributed by atoms with Gasteiger partial charge in [0.2, 0.25) is 0 Å². The summed E-state index contributed by atoms with van der Waals surface area (Å²) >= 11 is 0. The summed E-state index contributed by atoms with van der Waals surface area (Å²) < 4.78 is 0. The van der Waals surface area contributed by atoms with Crippen molar-refractivity contribution in [3.05, 3.63) is 0 Å². The number of rotatable bonds is 16. The molecule has 0 aromatic heterocycles. The molecule has 9 nitrogen and oxygen atoms in total. The molecule has 0 aromatic carbocycles. The van der Waals surface area contributed by atoms with Crippen LogP contribution >= 0.6 is 0 Å². The van der Waals surface area contributed by atoms with Crippen LogP contribution in [0, 0.1) is 0 Å². The molecular weight excluding hydrogens is 294 g/mol. The normalized spacial score (nSPS) is 10.7. The second-order valence-electron chi connectivity index (χ2n) is 5.04. The van der Waals surface area contributed by atoms with E-state index >= 15 is 0 Å². The van der Waals surface area contributed by atoms with Gasteiger partial charge in [0, 0.05) is 91.6 Å². The van der Waals surface area contributed by atoms with Gasteiger partial charge in [0.1, 0.15) is 0 Å². The Morgan fingerprint density at radius 1 is 0.435 bits per heavy atom. The van der Waals surface area contributed by atoms with Crippen LogP contribution in [0.2, 0.25) is 0 Å². The molecule has 23 heavy (non-hydrogen) atoms. The highest BCUT2D eigenvalue weighted by atomic mass is 15.1. The molecule has 0 rings (SSSR count). The molecule has 0 atom stereocenters. The Balaban J connectivity index is 0. The maximum Gasteiger partial charge on any atom is 0.0106 e. The molecule has 0 radical (unpaired) electrons. The molecule has 0 saturated heterocycles. The van der Waals surface area contributed by atoms with Gasteiger partial charge in [-0.05, 0) is 0 Å². The number of nitrogens with zero attached hydrogens (tertiary/aromatic N) is 1. The van der Waals surface area contributed by atoms with Crippen LogP contribution in [0.25, 0.3) is 0 Å². The summed E-state index contributed by atoms with van der Waals surface area (Å²) in [6, 6.07) is 0. The van der Waals surface area contributed by atoms with Crippen LogP contribution in [0.1, 0.15) is 0 Å². The van der Waals surface area contributed by atoms with Crippen LogP contribution in [-0.4, -0.2) is 96.5 Å². The minimum Gasteiger partial charge on any atom is -0.329 e. The van der Waals surface area contributed by atoms with E-state index in [0.29, 0.717) is 32.7 Å². The first-order valence-electron chi connectivity index (χ1n) is 8.61. The lowest BCUT2D eigenvalue weighted by molar-refractivity contribution is 0.297. The van der Waals surface area contributed by atoms with E-state index in [4.69, 9.17) is 28.7 Å². The quantitative estimate of drug-likeness (QED) is 0.130. The zero-order chi connectivity index (χ0) is 17.6. The van der Waals surface area contributed by atoms with E-state index in [1.54, 1.807) is 0 Å². The van der Waals surface area contributed by atoms with E-state index < -0.39 is 0 Å². The zero-order valence-corrected chi connectivity index (χ0v) is 14.7. The van der Waals surface area contributed by atoms with Crippen LogP contribution in [0.15, 0.2) is 0 Å². The molecule has 0 spiro atoms. The molecule has 0 bridgehead atoms. The molecular formula is C14H41N9. The van der Waals surface area contributed by atoms with Crippen LogP contribution in [0.4, 0.5) is 0 Å². The Morgan fingerprint density at radius 2 is 0.739 bits per heavy atom. The number of nitrogens with two attached hydrogens (primary N) is 5. The molecule has 0 heterocycles. The fraction of sp³-hybridized carbons (Fsp3) is 1.00. The molecule has 0 aliphatic carbocycles. The fourth-order valence-corrected chi connectivity index (χ4v) is 1.82. The highest BCUT2D eigenvalue weighted by Crippen LogP contribution is 1.81. The van der Waals surface area contributed by atoms with Crippen LogP contribution in [0.3, 0.4) is 0 Å². The van der Waals surface area contributed by atoms with E-state index in [2.05, 4.69) is 20.9 Å². The van der Waals surface area contributed by atoms with Gasteiger partial charge < -0.3 is 44.6 Å². The van der Waals surface area contributed by atoms with Crippen molar-refractivity contribution in [1.82, 2.24) is 20.9 Å². The summed E-state index contributed by atoms with van der Waals surface area (Å²) in [6.07, 6.45) is 0. The summed E-state index contributed by atoms with van der Waals surface area (Å²) in [5.41, 5.74) is 26.7. The molecule has 0 aliphatic rings. The van der Waals surface area contributed by atoms with E-state index in [1.165, 1.54) is 0 Å². The molecule has 142 valence electrons. The molecule has 9 heteroatoms. The zero-order valence-electron chi connectivity index (χ0n) is 14.7. The number of nitrogens with one attached hydrogen (secondary N) is 3. The topological polar surface area (TPSA) is 169 Å². The van der Waals surface area contributed by atoms with Crippen molar-refractivity contribution in [2.24, 2.45) is 28.7 Å². The maximum absolute atomic E-state index is 5.37. The van der Waals surface area contributed by atoms with Gasteiger partial charge in [-0.1, -0.05) is 0 Å². The van der Waals surface area contributed by atoms with Crippen LogP contribution in [-0.2, 0) is 0 Å². The van der Waals surface area contributed by atoms with Crippen molar-refractivity contribution < 1.29 is 0 Å². The third kappa shape index (κ3) is 24.0. The first kappa shape index (κ1) is 24.9. The van der Waals surface area contributed by atoms with E-state index in [-0.39, 0.29) is 0 Å². The number of hydrogen-bond donors (Lipinski definition) is 8. The highest BCUT2D eigenvalue weighted by Gasteiger charge is 1.98. The minimum absolute atomic E-state index is 0.681. The predicted molar refractivity (Wildman–Crippen MR) is 100 cm³/mol. The average Bonchev–Trinajstić information content (AvgIpc) is 2.55. The van der Waals surface area contributed by atoms with Gasteiger partial charge in [-0.3, -0.25) is 4.90 Å². The van der Waals surface area contributed by atoms with Gasteiger partial charge in [0.25, 0.3) is 0 Å². The predicted octanol–water partition coefficient (Wildman–Crippen LogP) is -4.16. The largest absolute Gasteiger partial charge is 0.329 e. The van der Waals surface area contributed by atoms with Gasteiger partial charge in [-0.2, -0.15) is 0 Å². The molecule has 0 aliphatic heterocycles. The summed E-state index contributed by atoms with van der Waals surface area (Å²) in [6.45, 7) is 11.9. The maximum atomic E-state index is 5.37. The van der Waals surface area contributed by atoms with E-state index in [0.717, 1.165) is 58.9 Å². The smallest absolute Gasteiger partial charge is 0.0106 e. The van der Waals surface area contributed by atoms with Crippen molar-refractivity contribution in [3.63, 3.8) is 0 Å². The second kappa shape index (κ2) is 23.9. The van der Waals surface area contributed by atoms with Gasteiger partial charge >= 0.3 is 0 Å². The lowest BCUT2D eigenvalue weighted by Crippen LogP contribution is -2.37. The molecule has 0 unspecified atom stereocenters. The first-order valence-corrected chi connectivity index (χ1v) is 8.61. The second-order valence-corrected chi connectivity index (χ2v) is 5.04. The standard InChI is InChI=1S/C8H23N5.C6H18N4/c9-1-3-11-5-7-13-8-6-12-4-2-10;7-1-4-10(5-2-8)6-3-9/h11-13H,1-10H2;1-9H2. The fourth-order valence-electron chi connectivity index (χ4n) is 1.82. The summed E-state index contributed by atoms with van der Waals surface area (Å²) in [5.74, 6) is 0. The minimum atomic E-state index is 0.681. The van der Waals surface area contributed by atoms with E-state index in [1.807, 2.05) is 0 Å². The summed E-state index contributed by atoms with van der Waals surface area (Å²) in [5, 5.41) is 9.71. The molecule has 0 aromatic rings. The Morgan fingerprint density at radius 3 is 1.00 bits per heavy atom. The average molecular weight is 336 g/mol. The van der Waals surface area contributed by atoms with Gasteiger partial charge in [-0.25, -0.2) is 0 Å². The van der Waals surface area contributed by atoms with Crippen LogP contribution < -0.4 is 44.6 Å². The first-order chi connectivity index (χ1) is 11.3. The Hall–Kier alpha value is -0.360. The number of hydrogen-bond acceptors (Lipinski definition) is 9. The monoisotopic (exact) mass is 335 g/mol. The van der Waals surface area contributed by atoms with Crippen LogP contribution in [0.5, 0.6) is 0 Å². The molecule has 13 N–H and O–H groups in total. The third-order valence-corrected chi connectivity index (χ3v) is 2.94. The van der Waals surface area contributed by atoms with Crippen molar-refractivity contribution in [1.29, 1.82) is 0 Å². The molecule has 0 amide bonds. The Labute approximate surface area is 142 Å². The highest BCUT2D eigenvalue weighted by molar-refractivity contribution is 4.58. The van der Waals surface area contributed by atoms with Crippen molar-refractivity contribution >= 4 is 0 Å². The molecule has 0 saturated carbocycles. The lowest BCUT2D eigenvalue weighted by Gasteiger charge is -2.18. The Bertz CT molecular complexity index is 171. The summed E-state index contributed by atoms with van der Waals surface area (Å²) in [4.78, 5) is 2.17. The van der Waals surface area contributed by atoms with Crippen molar-refractivity contribution in [2.75, 3.05) is 91.6 Å². The van der Waals surface area contributed by atoms with Gasteiger partial charge in [0.05, 0.1) is 0 Å².